The van der Waals surface area contributed by atoms with Gasteiger partial charge in [0.1, 0.15) is 11.3 Å². The fraction of sp³-hybridized carbons (Fsp3) is 0.643. The van der Waals surface area contributed by atoms with E-state index in [0.717, 1.165) is 0 Å². The summed E-state index contributed by atoms with van der Waals surface area (Å²) >= 11 is 0. The van der Waals surface area contributed by atoms with Gasteiger partial charge in [0.25, 0.3) is 0 Å². The number of nitrogens with one attached hydrogen (secondary N) is 1. The highest BCUT2D eigenvalue weighted by Gasteiger charge is 2.26. The van der Waals surface area contributed by atoms with Gasteiger partial charge in [-0.1, -0.05) is 0 Å². The first kappa shape index (κ1) is 15.5. The zero-order valence-corrected chi connectivity index (χ0v) is 12.8. The maximum Gasteiger partial charge on any atom is 0.410 e. The molecule has 1 fully saturated rings. The van der Waals surface area contributed by atoms with Gasteiger partial charge in [-0.2, -0.15) is 0 Å². The van der Waals surface area contributed by atoms with E-state index < -0.39 is 5.60 Å². The minimum atomic E-state index is -0.481. The van der Waals surface area contributed by atoms with Crippen LogP contribution in [0.5, 0.6) is 0 Å². The highest BCUT2D eigenvalue weighted by Crippen LogP contribution is 2.12. The number of aromatic amines is 1. The summed E-state index contributed by atoms with van der Waals surface area (Å²) in [6.45, 7) is 8.37. The van der Waals surface area contributed by atoms with E-state index in [2.05, 4.69) is 9.97 Å². The highest BCUT2D eigenvalue weighted by molar-refractivity contribution is 5.95. The van der Waals surface area contributed by atoms with E-state index in [1.165, 1.54) is 12.5 Å². The molecule has 1 amide bonds. The van der Waals surface area contributed by atoms with Crippen LogP contribution < -0.4 is 0 Å². The maximum atomic E-state index is 12.0. The minimum absolute atomic E-state index is 0.0122. The summed E-state index contributed by atoms with van der Waals surface area (Å²) in [5, 5.41) is 0. The highest BCUT2D eigenvalue weighted by atomic mass is 16.6. The fourth-order valence-electron chi connectivity index (χ4n) is 2.11. The molecule has 1 N–H and O–H groups in total. The van der Waals surface area contributed by atoms with Crippen LogP contribution in [0.3, 0.4) is 0 Å². The molecule has 2 heterocycles. The van der Waals surface area contributed by atoms with Crippen LogP contribution in [0.25, 0.3) is 0 Å². The number of ether oxygens (including phenoxy) is 1. The Labute approximate surface area is 124 Å². The monoisotopic (exact) mass is 294 g/mol. The number of carbonyl (C=O) groups is 2. The molecule has 0 radical (unpaired) electrons. The number of H-pyrrole nitrogens is 1. The van der Waals surface area contributed by atoms with Gasteiger partial charge in [0, 0.05) is 26.2 Å². The fourth-order valence-corrected chi connectivity index (χ4v) is 2.11. The third kappa shape index (κ3) is 4.56. The van der Waals surface area contributed by atoms with Gasteiger partial charge in [-0.25, -0.2) is 9.78 Å². The molecule has 1 aromatic heterocycles. The number of amides is 1. The first-order valence-corrected chi connectivity index (χ1v) is 7.07. The lowest BCUT2D eigenvalue weighted by atomic mass is 10.2. The standard InChI is InChI=1S/C14H22N4O3/c1-14(2,3)21-13(20)18-6-4-17(5-7-18)9-12(19)11-8-15-10-16-11/h8,10H,4-7,9H2,1-3H3,(H,15,16). The molecule has 7 nitrogen and oxygen atoms in total. The average molecular weight is 294 g/mol. The number of piperazine rings is 1. The van der Waals surface area contributed by atoms with Crippen molar-refractivity contribution >= 4 is 11.9 Å². The van der Waals surface area contributed by atoms with Gasteiger partial charge >= 0.3 is 6.09 Å². The molecule has 0 saturated carbocycles. The first-order chi connectivity index (χ1) is 9.85. The lowest BCUT2D eigenvalue weighted by Crippen LogP contribution is -2.51. The van der Waals surface area contributed by atoms with Gasteiger partial charge in [0.2, 0.25) is 0 Å². The summed E-state index contributed by atoms with van der Waals surface area (Å²) in [5.74, 6) is 0.0122. The Morgan fingerprint density at radius 3 is 2.48 bits per heavy atom. The minimum Gasteiger partial charge on any atom is -0.444 e. The molecule has 116 valence electrons. The Balaban J connectivity index is 1.78. The summed E-state index contributed by atoms with van der Waals surface area (Å²) in [6.07, 6.45) is 2.73. The van der Waals surface area contributed by atoms with Gasteiger partial charge < -0.3 is 14.6 Å². The zero-order chi connectivity index (χ0) is 15.5. The number of aromatic nitrogens is 2. The zero-order valence-electron chi connectivity index (χ0n) is 12.8. The summed E-state index contributed by atoms with van der Waals surface area (Å²) < 4.78 is 5.34. The van der Waals surface area contributed by atoms with E-state index in [9.17, 15) is 9.59 Å². The van der Waals surface area contributed by atoms with Crippen LogP contribution in [-0.2, 0) is 4.74 Å². The number of ketones is 1. The second-order valence-corrected chi connectivity index (χ2v) is 6.13. The van der Waals surface area contributed by atoms with Crippen molar-refractivity contribution in [2.45, 2.75) is 26.4 Å². The van der Waals surface area contributed by atoms with Crippen LogP contribution in [0, 0.1) is 0 Å². The number of rotatable bonds is 3. The van der Waals surface area contributed by atoms with E-state index in [1.54, 1.807) is 4.90 Å². The van der Waals surface area contributed by atoms with Crippen LogP contribution >= 0.6 is 0 Å². The molecule has 0 spiro atoms. The topological polar surface area (TPSA) is 78.5 Å². The number of carbonyl (C=O) groups excluding carboxylic acids is 2. The summed E-state index contributed by atoms with van der Waals surface area (Å²) in [5.41, 5.74) is 0.0368. The maximum absolute atomic E-state index is 12.0. The van der Waals surface area contributed by atoms with E-state index in [4.69, 9.17) is 4.74 Å². The molecular formula is C14H22N4O3. The molecule has 1 aliphatic rings. The third-order valence-corrected chi connectivity index (χ3v) is 3.19. The van der Waals surface area contributed by atoms with Crippen LogP contribution in [0.4, 0.5) is 4.79 Å². The van der Waals surface area contributed by atoms with Crippen molar-refractivity contribution in [1.29, 1.82) is 0 Å². The molecule has 21 heavy (non-hydrogen) atoms. The summed E-state index contributed by atoms with van der Waals surface area (Å²) in [7, 11) is 0. The SMILES string of the molecule is CC(C)(C)OC(=O)N1CCN(CC(=O)c2cnc[nH]2)CC1. The predicted octanol–water partition coefficient (Wildman–Crippen LogP) is 1.15. The van der Waals surface area contributed by atoms with Crippen molar-refractivity contribution < 1.29 is 14.3 Å². The summed E-state index contributed by atoms with van der Waals surface area (Å²) in [6, 6.07) is 0. The molecule has 1 saturated heterocycles. The Kier molecular flexibility index (Phi) is 4.62. The summed E-state index contributed by atoms with van der Waals surface area (Å²) in [4.78, 5) is 34.3. The Bertz CT molecular complexity index is 485. The van der Waals surface area contributed by atoms with Crippen LogP contribution in [0.15, 0.2) is 12.5 Å². The number of Topliss-reactive ketones (excluding diaryl/α,β-unsaturated/α-hetero) is 1. The predicted molar refractivity (Wildman–Crippen MR) is 77.2 cm³/mol. The molecule has 0 aromatic carbocycles. The Morgan fingerprint density at radius 1 is 1.29 bits per heavy atom. The number of hydrogen-bond donors (Lipinski definition) is 1. The van der Waals surface area contributed by atoms with Crippen LogP contribution in [-0.4, -0.2) is 70.0 Å². The third-order valence-electron chi connectivity index (χ3n) is 3.19. The number of imidazole rings is 1. The molecule has 1 aromatic rings. The molecule has 0 unspecified atom stereocenters. The van der Waals surface area contributed by atoms with Crippen molar-refractivity contribution in [3.8, 4) is 0 Å². The molecule has 0 aliphatic carbocycles. The van der Waals surface area contributed by atoms with Crippen molar-refractivity contribution in [3.05, 3.63) is 18.2 Å². The van der Waals surface area contributed by atoms with E-state index >= 15 is 0 Å². The lowest BCUT2D eigenvalue weighted by molar-refractivity contribution is 0.0149. The van der Waals surface area contributed by atoms with Crippen LogP contribution in [0.1, 0.15) is 31.3 Å². The first-order valence-electron chi connectivity index (χ1n) is 7.07. The molecule has 7 heteroatoms. The van der Waals surface area contributed by atoms with Crippen molar-refractivity contribution in [2.24, 2.45) is 0 Å². The molecule has 1 aliphatic heterocycles. The Morgan fingerprint density at radius 2 is 1.95 bits per heavy atom. The van der Waals surface area contributed by atoms with Crippen molar-refractivity contribution in [1.82, 2.24) is 19.8 Å². The van der Waals surface area contributed by atoms with E-state index in [1.807, 2.05) is 25.7 Å². The van der Waals surface area contributed by atoms with Gasteiger partial charge in [0.15, 0.2) is 5.78 Å². The van der Waals surface area contributed by atoms with Crippen LogP contribution in [0.2, 0.25) is 0 Å². The molecular weight excluding hydrogens is 272 g/mol. The smallest absolute Gasteiger partial charge is 0.410 e. The number of hydrogen-bond acceptors (Lipinski definition) is 5. The Hall–Kier alpha value is -1.89. The van der Waals surface area contributed by atoms with Gasteiger partial charge in [-0.15, -0.1) is 0 Å². The second kappa shape index (κ2) is 6.26. The average Bonchev–Trinajstić information content (AvgIpc) is 2.91. The normalized spacial score (nSPS) is 16.8. The van der Waals surface area contributed by atoms with Gasteiger partial charge in [-0.3, -0.25) is 9.69 Å². The molecule has 2 rings (SSSR count). The van der Waals surface area contributed by atoms with E-state index in [-0.39, 0.29) is 11.9 Å². The second-order valence-electron chi connectivity index (χ2n) is 6.13. The van der Waals surface area contributed by atoms with Crippen molar-refractivity contribution in [2.75, 3.05) is 32.7 Å². The van der Waals surface area contributed by atoms with Gasteiger partial charge in [0.05, 0.1) is 19.1 Å². The number of nitrogens with zero attached hydrogens (tertiary/aromatic N) is 3. The van der Waals surface area contributed by atoms with Gasteiger partial charge in [-0.05, 0) is 20.8 Å². The van der Waals surface area contributed by atoms with Crippen molar-refractivity contribution in [3.63, 3.8) is 0 Å². The van der Waals surface area contributed by atoms with E-state index in [0.29, 0.717) is 38.4 Å². The quantitative estimate of drug-likeness (QED) is 0.846. The largest absolute Gasteiger partial charge is 0.444 e. The molecule has 0 atom stereocenters. The molecule has 0 bridgehead atoms. The lowest BCUT2D eigenvalue weighted by Gasteiger charge is -2.35.